The van der Waals surface area contributed by atoms with Crippen molar-refractivity contribution < 1.29 is 14.3 Å². The van der Waals surface area contributed by atoms with E-state index in [9.17, 15) is 4.79 Å². The molecule has 1 aliphatic carbocycles. The van der Waals surface area contributed by atoms with Gasteiger partial charge in [-0.1, -0.05) is 19.3 Å². The number of nitrogens with zero attached hydrogens (tertiary/aromatic N) is 1. The Hall–Kier alpha value is -1.78. The van der Waals surface area contributed by atoms with Gasteiger partial charge in [0.05, 0.1) is 19.4 Å². The van der Waals surface area contributed by atoms with Crippen molar-refractivity contribution in [1.29, 1.82) is 0 Å². The molecule has 0 spiro atoms. The molecule has 0 aromatic carbocycles. The first-order chi connectivity index (χ1) is 9.20. The Morgan fingerprint density at radius 1 is 1.53 bits per heavy atom. The summed E-state index contributed by atoms with van der Waals surface area (Å²) in [4.78, 5) is 15.8. The summed E-state index contributed by atoms with van der Waals surface area (Å²) in [6.45, 7) is 2.69. The number of hydrogen-bond donors (Lipinski definition) is 1. The van der Waals surface area contributed by atoms with Gasteiger partial charge in [-0.2, -0.15) is 0 Å². The van der Waals surface area contributed by atoms with Gasteiger partial charge in [0, 0.05) is 0 Å². The zero-order valence-corrected chi connectivity index (χ0v) is 11.2. The molecule has 1 aromatic rings. The van der Waals surface area contributed by atoms with Gasteiger partial charge < -0.3 is 15.2 Å². The van der Waals surface area contributed by atoms with Crippen LogP contribution in [0.2, 0.25) is 0 Å². The van der Waals surface area contributed by atoms with E-state index in [1.165, 1.54) is 31.5 Å². The monoisotopic (exact) mass is 264 g/mol. The summed E-state index contributed by atoms with van der Waals surface area (Å²) in [6.07, 6.45) is 6.40. The van der Waals surface area contributed by atoms with Crippen LogP contribution in [0.5, 0.6) is 5.75 Å². The van der Waals surface area contributed by atoms with Crippen LogP contribution in [0.3, 0.4) is 0 Å². The number of aromatic nitrogens is 1. The van der Waals surface area contributed by atoms with Crippen molar-refractivity contribution in [3.63, 3.8) is 0 Å². The van der Waals surface area contributed by atoms with E-state index in [2.05, 4.69) is 4.98 Å². The maximum atomic E-state index is 11.8. The highest BCUT2D eigenvalue weighted by Gasteiger charge is 2.19. The van der Waals surface area contributed by atoms with Gasteiger partial charge >= 0.3 is 5.97 Å². The smallest absolute Gasteiger partial charge is 0.342 e. The van der Waals surface area contributed by atoms with E-state index in [0.717, 1.165) is 12.3 Å². The molecule has 0 radical (unpaired) electrons. The van der Waals surface area contributed by atoms with Crippen molar-refractivity contribution in [3.8, 4) is 5.75 Å². The zero-order valence-electron chi connectivity index (χ0n) is 11.2. The Balaban J connectivity index is 1.98. The average molecular weight is 264 g/mol. The summed E-state index contributed by atoms with van der Waals surface area (Å²) in [5.74, 6) is 1.09. The highest BCUT2D eigenvalue weighted by molar-refractivity contribution is 5.93. The number of nitrogen functional groups attached to an aromatic ring is 1. The minimum absolute atomic E-state index is 0.286. The lowest BCUT2D eigenvalue weighted by Crippen LogP contribution is -2.16. The second-order valence-corrected chi connectivity index (χ2v) is 4.76. The molecule has 5 heteroatoms. The van der Waals surface area contributed by atoms with E-state index in [4.69, 9.17) is 15.2 Å². The van der Waals surface area contributed by atoms with Crippen LogP contribution in [0.4, 0.5) is 5.82 Å². The standard InChI is InChI=1S/C14H20N2O3/c1-2-18-14(17)11-8-13(15)16-9-12(11)19-7-6-10-4-3-5-10/h8-10H,2-7H2,1H3,(H2,15,16). The molecule has 1 fully saturated rings. The van der Waals surface area contributed by atoms with Crippen molar-refractivity contribution in [3.05, 3.63) is 17.8 Å². The SMILES string of the molecule is CCOC(=O)c1cc(N)ncc1OCCC1CCC1. The molecule has 0 aliphatic heterocycles. The number of anilines is 1. The van der Waals surface area contributed by atoms with E-state index in [1.54, 1.807) is 6.92 Å². The Bertz CT molecular complexity index is 444. The van der Waals surface area contributed by atoms with Crippen LogP contribution in [-0.2, 0) is 4.74 Å². The van der Waals surface area contributed by atoms with Gasteiger partial charge in [0.25, 0.3) is 0 Å². The van der Waals surface area contributed by atoms with Gasteiger partial charge in [-0.15, -0.1) is 0 Å². The van der Waals surface area contributed by atoms with Crippen molar-refractivity contribution in [2.24, 2.45) is 5.92 Å². The number of carbonyl (C=O) groups excluding carboxylic acids is 1. The molecular formula is C14H20N2O3. The maximum absolute atomic E-state index is 11.8. The topological polar surface area (TPSA) is 74.4 Å². The van der Waals surface area contributed by atoms with Crippen LogP contribution in [0, 0.1) is 5.92 Å². The van der Waals surface area contributed by atoms with Gasteiger partial charge in [0.15, 0.2) is 5.75 Å². The fourth-order valence-electron chi connectivity index (χ4n) is 2.06. The lowest BCUT2D eigenvalue weighted by Gasteiger charge is -2.25. The molecule has 0 amide bonds. The molecule has 1 aromatic heterocycles. The fraction of sp³-hybridized carbons (Fsp3) is 0.571. The van der Waals surface area contributed by atoms with E-state index >= 15 is 0 Å². The number of rotatable bonds is 6. The van der Waals surface area contributed by atoms with E-state index in [1.807, 2.05) is 0 Å². The van der Waals surface area contributed by atoms with Crippen LogP contribution in [0.15, 0.2) is 12.3 Å². The number of carbonyl (C=O) groups is 1. The number of nitrogens with two attached hydrogens (primary N) is 1. The van der Waals surface area contributed by atoms with Gasteiger partial charge in [-0.3, -0.25) is 0 Å². The quantitative estimate of drug-likeness (QED) is 0.799. The van der Waals surface area contributed by atoms with Gasteiger partial charge in [-0.05, 0) is 25.3 Å². The van der Waals surface area contributed by atoms with Crippen LogP contribution in [0.1, 0.15) is 43.0 Å². The number of ether oxygens (including phenoxy) is 2. The summed E-state index contributed by atoms with van der Waals surface area (Å²) < 4.78 is 10.6. The summed E-state index contributed by atoms with van der Waals surface area (Å²) in [6, 6.07) is 1.50. The molecule has 19 heavy (non-hydrogen) atoms. The average Bonchev–Trinajstić information content (AvgIpc) is 2.34. The first kappa shape index (κ1) is 13.6. The highest BCUT2D eigenvalue weighted by atomic mass is 16.5. The first-order valence-electron chi connectivity index (χ1n) is 6.76. The van der Waals surface area contributed by atoms with Crippen LogP contribution < -0.4 is 10.5 Å². The minimum atomic E-state index is -0.421. The van der Waals surface area contributed by atoms with Crippen LogP contribution in [-0.4, -0.2) is 24.2 Å². The predicted molar refractivity (Wildman–Crippen MR) is 72.1 cm³/mol. The summed E-state index contributed by atoms with van der Waals surface area (Å²) in [7, 11) is 0. The Morgan fingerprint density at radius 3 is 2.95 bits per heavy atom. The Morgan fingerprint density at radius 2 is 2.32 bits per heavy atom. The fourth-order valence-corrected chi connectivity index (χ4v) is 2.06. The van der Waals surface area contributed by atoms with Crippen LogP contribution >= 0.6 is 0 Å². The number of pyridine rings is 1. The zero-order chi connectivity index (χ0) is 13.7. The summed E-state index contributed by atoms with van der Waals surface area (Å²) in [5, 5.41) is 0. The normalized spacial score (nSPS) is 14.8. The number of hydrogen-bond acceptors (Lipinski definition) is 5. The molecule has 1 heterocycles. The maximum Gasteiger partial charge on any atom is 0.342 e. The van der Waals surface area contributed by atoms with Crippen molar-refractivity contribution in [2.75, 3.05) is 18.9 Å². The molecule has 104 valence electrons. The van der Waals surface area contributed by atoms with Crippen molar-refractivity contribution in [2.45, 2.75) is 32.6 Å². The first-order valence-corrected chi connectivity index (χ1v) is 6.76. The van der Waals surface area contributed by atoms with Crippen molar-refractivity contribution >= 4 is 11.8 Å². The second kappa shape index (κ2) is 6.41. The number of esters is 1. The Labute approximate surface area is 113 Å². The molecule has 1 aliphatic rings. The third-order valence-corrected chi connectivity index (χ3v) is 3.39. The summed E-state index contributed by atoms with van der Waals surface area (Å²) >= 11 is 0. The lowest BCUT2D eigenvalue weighted by molar-refractivity contribution is 0.0521. The van der Waals surface area contributed by atoms with Gasteiger partial charge in [0.2, 0.25) is 0 Å². The van der Waals surface area contributed by atoms with Crippen LogP contribution in [0.25, 0.3) is 0 Å². The molecule has 0 saturated heterocycles. The molecule has 0 bridgehead atoms. The van der Waals surface area contributed by atoms with Gasteiger partial charge in [0.1, 0.15) is 11.4 Å². The molecular weight excluding hydrogens is 244 g/mol. The predicted octanol–water partition coefficient (Wildman–Crippen LogP) is 2.41. The van der Waals surface area contributed by atoms with Gasteiger partial charge in [-0.25, -0.2) is 9.78 Å². The lowest BCUT2D eigenvalue weighted by atomic mass is 9.83. The second-order valence-electron chi connectivity index (χ2n) is 4.76. The Kier molecular flexibility index (Phi) is 4.60. The minimum Gasteiger partial charge on any atom is -0.491 e. The molecule has 0 atom stereocenters. The van der Waals surface area contributed by atoms with E-state index in [-0.39, 0.29) is 5.82 Å². The molecule has 5 nitrogen and oxygen atoms in total. The largest absolute Gasteiger partial charge is 0.491 e. The van der Waals surface area contributed by atoms with Crippen molar-refractivity contribution in [1.82, 2.24) is 4.98 Å². The molecule has 2 rings (SSSR count). The molecule has 2 N–H and O–H groups in total. The molecule has 1 saturated carbocycles. The summed E-state index contributed by atoms with van der Waals surface area (Å²) in [5.41, 5.74) is 5.94. The third kappa shape index (κ3) is 3.59. The molecule has 0 unspecified atom stereocenters. The van der Waals surface area contributed by atoms with E-state index in [0.29, 0.717) is 24.5 Å². The third-order valence-electron chi connectivity index (χ3n) is 3.39. The van der Waals surface area contributed by atoms with E-state index < -0.39 is 5.97 Å². The highest BCUT2D eigenvalue weighted by Crippen LogP contribution is 2.29.